The van der Waals surface area contributed by atoms with Crippen molar-refractivity contribution in [1.82, 2.24) is 4.98 Å². The van der Waals surface area contributed by atoms with E-state index in [1.165, 1.54) is 13.3 Å². The first-order chi connectivity index (χ1) is 16.4. The fourth-order valence-electron chi connectivity index (χ4n) is 3.44. The zero-order valence-electron chi connectivity index (χ0n) is 19.8. The maximum Gasteiger partial charge on any atom is 0.340 e. The smallest absolute Gasteiger partial charge is 0.340 e. The maximum atomic E-state index is 13.5. The van der Waals surface area contributed by atoms with Crippen LogP contribution in [-0.2, 0) is 4.74 Å². The second-order valence-corrected chi connectivity index (χ2v) is 7.74. The molecule has 1 heterocycles. The maximum absolute atomic E-state index is 13.5. The van der Waals surface area contributed by atoms with Crippen molar-refractivity contribution in [2.24, 2.45) is 0 Å². The summed E-state index contributed by atoms with van der Waals surface area (Å²) in [6.45, 7) is 5.96. The van der Waals surface area contributed by atoms with Gasteiger partial charge in [-0.2, -0.15) is 0 Å². The topological polar surface area (TPSA) is 104 Å². The molecule has 2 aromatic carbocycles. The second-order valence-electron chi connectivity index (χ2n) is 7.74. The number of aliphatic hydroxyl groups is 1. The first kappa shape index (κ1) is 25.0. The molecule has 0 aliphatic carbocycles. The number of methoxy groups -OCH3 is 1. The third-order valence-corrected chi connectivity index (χ3v) is 4.91. The number of esters is 1. The van der Waals surface area contributed by atoms with Crippen LogP contribution in [0.4, 0.5) is 0 Å². The molecular weight excluding hydrogens is 438 g/mol. The average molecular weight is 468 g/mol. The fraction of sp³-hybridized carbons (Fsp3) is 0.346. The lowest BCUT2D eigenvalue weighted by atomic mass is 9.99. The highest BCUT2D eigenvalue weighted by Crippen LogP contribution is 2.36. The van der Waals surface area contributed by atoms with E-state index in [4.69, 9.17) is 24.1 Å². The van der Waals surface area contributed by atoms with Crippen LogP contribution in [0, 0.1) is 0 Å². The summed E-state index contributed by atoms with van der Waals surface area (Å²) in [5.41, 5.74) is 0.767. The zero-order valence-corrected chi connectivity index (χ0v) is 19.8. The van der Waals surface area contributed by atoms with Gasteiger partial charge < -0.3 is 24.1 Å². The number of ether oxygens (including phenoxy) is 4. The quantitative estimate of drug-likeness (QED) is 0.254. The SMILES string of the molecule is CCOC(=O)c1cnc(C(=O)c2cccc(OC(C)C)c2)c2cc(OC)c(OCCCO)cc12. The predicted octanol–water partition coefficient (Wildman–Crippen LogP) is 4.20. The largest absolute Gasteiger partial charge is 0.493 e. The fourth-order valence-corrected chi connectivity index (χ4v) is 3.44. The van der Waals surface area contributed by atoms with Gasteiger partial charge in [0.05, 0.1) is 32.0 Å². The summed E-state index contributed by atoms with van der Waals surface area (Å²) in [4.78, 5) is 30.4. The molecule has 0 aliphatic rings. The van der Waals surface area contributed by atoms with Crippen molar-refractivity contribution in [2.45, 2.75) is 33.3 Å². The van der Waals surface area contributed by atoms with Gasteiger partial charge in [0.1, 0.15) is 11.4 Å². The molecule has 8 nitrogen and oxygen atoms in total. The van der Waals surface area contributed by atoms with Gasteiger partial charge in [-0.15, -0.1) is 0 Å². The Bertz CT molecular complexity index is 1170. The standard InChI is InChI=1S/C26H29NO7/c1-5-32-26(30)21-15-27-24(25(29)17-8-6-9-18(12-17)34-16(2)3)20-14-22(31-4)23(13-19(20)21)33-11-7-10-28/h6,8-9,12-16,28H,5,7,10-11H2,1-4H3. The monoisotopic (exact) mass is 467 g/mol. The van der Waals surface area contributed by atoms with E-state index in [0.29, 0.717) is 40.0 Å². The van der Waals surface area contributed by atoms with Gasteiger partial charge in [0.25, 0.3) is 0 Å². The second kappa shape index (κ2) is 11.5. The molecule has 34 heavy (non-hydrogen) atoms. The minimum Gasteiger partial charge on any atom is -0.493 e. The lowest BCUT2D eigenvalue weighted by molar-refractivity contribution is 0.0528. The van der Waals surface area contributed by atoms with Gasteiger partial charge in [0, 0.05) is 35.6 Å². The summed E-state index contributed by atoms with van der Waals surface area (Å²) in [5, 5.41) is 9.94. The first-order valence-electron chi connectivity index (χ1n) is 11.1. The number of aliphatic hydroxyl groups excluding tert-OH is 1. The van der Waals surface area contributed by atoms with Gasteiger partial charge in [-0.25, -0.2) is 4.79 Å². The van der Waals surface area contributed by atoms with E-state index >= 15 is 0 Å². The Hall–Kier alpha value is -3.65. The Morgan fingerprint density at radius 3 is 2.53 bits per heavy atom. The van der Waals surface area contributed by atoms with Gasteiger partial charge >= 0.3 is 5.97 Å². The van der Waals surface area contributed by atoms with Crippen molar-refractivity contribution in [1.29, 1.82) is 0 Å². The third-order valence-electron chi connectivity index (χ3n) is 4.91. The molecule has 1 N–H and O–H groups in total. The summed E-state index contributed by atoms with van der Waals surface area (Å²) in [6, 6.07) is 10.1. The van der Waals surface area contributed by atoms with E-state index in [-0.39, 0.29) is 43.0 Å². The molecule has 3 aromatic rings. The molecule has 0 bridgehead atoms. The van der Waals surface area contributed by atoms with Crippen LogP contribution < -0.4 is 14.2 Å². The minimum absolute atomic E-state index is 0.0217. The number of hydrogen-bond donors (Lipinski definition) is 1. The molecule has 0 radical (unpaired) electrons. The minimum atomic E-state index is -0.558. The normalized spacial score (nSPS) is 10.9. The number of aromatic nitrogens is 1. The number of ketones is 1. The van der Waals surface area contributed by atoms with Crippen LogP contribution in [0.1, 0.15) is 53.6 Å². The van der Waals surface area contributed by atoms with Crippen LogP contribution in [0.5, 0.6) is 17.2 Å². The molecule has 0 spiro atoms. The number of benzene rings is 2. The summed E-state index contributed by atoms with van der Waals surface area (Å²) >= 11 is 0. The van der Waals surface area contributed by atoms with Crippen LogP contribution in [0.25, 0.3) is 10.8 Å². The first-order valence-corrected chi connectivity index (χ1v) is 11.1. The van der Waals surface area contributed by atoms with Crippen LogP contribution in [0.3, 0.4) is 0 Å². The van der Waals surface area contributed by atoms with Crippen molar-refractivity contribution >= 4 is 22.5 Å². The molecule has 0 fully saturated rings. The van der Waals surface area contributed by atoms with E-state index in [9.17, 15) is 9.59 Å². The van der Waals surface area contributed by atoms with Gasteiger partial charge in [-0.3, -0.25) is 9.78 Å². The van der Waals surface area contributed by atoms with E-state index in [1.807, 2.05) is 13.8 Å². The van der Waals surface area contributed by atoms with E-state index in [2.05, 4.69) is 4.98 Å². The predicted molar refractivity (Wildman–Crippen MR) is 127 cm³/mol. The highest BCUT2D eigenvalue weighted by molar-refractivity contribution is 6.18. The van der Waals surface area contributed by atoms with Crippen LogP contribution in [0.2, 0.25) is 0 Å². The summed E-state index contributed by atoms with van der Waals surface area (Å²) < 4.78 is 22.1. The van der Waals surface area contributed by atoms with Gasteiger partial charge in [-0.05, 0) is 45.0 Å². The highest BCUT2D eigenvalue weighted by Gasteiger charge is 2.22. The Morgan fingerprint density at radius 2 is 1.85 bits per heavy atom. The molecule has 0 saturated heterocycles. The molecule has 8 heteroatoms. The zero-order chi connectivity index (χ0) is 24.7. The molecule has 0 saturated carbocycles. The lowest BCUT2D eigenvalue weighted by Gasteiger charge is -2.15. The Balaban J connectivity index is 2.16. The molecule has 0 unspecified atom stereocenters. The number of fused-ring (bicyclic) bond motifs is 1. The van der Waals surface area contributed by atoms with Gasteiger partial charge in [-0.1, -0.05) is 12.1 Å². The number of nitrogens with zero attached hydrogens (tertiary/aromatic N) is 1. The lowest BCUT2D eigenvalue weighted by Crippen LogP contribution is -2.11. The van der Waals surface area contributed by atoms with Crippen molar-refractivity contribution in [2.75, 3.05) is 26.9 Å². The highest BCUT2D eigenvalue weighted by atomic mass is 16.5. The number of carbonyl (C=O) groups is 2. The number of pyridine rings is 1. The number of hydrogen-bond acceptors (Lipinski definition) is 8. The molecular formula is C26H29NO7. The third kappa shape index (κ3) is 5.63. The Labute approximate surface area is 198 Å². The molecule has 0 aliphatic heterocycles. The van der Waals surface area contributed by atoms with Crippen molar-refractivity contribution < 1.29 is 33.6 Å². The van der Waals surface area contributed by atoms with E-state index < -0.39 is 5.97 Å². The summed E-state index contributed by atoms with van der Waals surface area (Å²) in [6.07, 6.45) is 1.73. The van der Waals surface area contributed by atoms with Crippen molar-refractivity contribution in [3.05, 3.63) is 59.4 Å². The number of rotatable bonds is 11. The Morgan fingerprint density at radius 1 is 1.09 bits per heavy atom. The molecule has 3 rings (SSSR count). The number of carbonyl (C=O) groups excluding carboxylic acids is 2. The van der Waals surface area contributed by atoms with Crippen LogP contribution in [0.15, 0.2) is 42.6 Å². The molecule has 0 atom stereocenters. The van der Waals surface area contributed by atoms with Crippen molar-refractivity contribution in [3.63, 3.8) is 0 Å². The van der Waals surface area contributed by atoms with Gasteiger partial charge in [0.15, 0.2) is 11.5 Å². The molecule has 0 amide bonds. The van der Waals surface area contributed by atoms with Crippen LogP contribution in [-0.4, -0.2) is 54.9 Å². The van der Waals surface area contributed by atoms with E-state index in [1.54, 1.807) is 43.3 Å². The van der Waals surface area contributed by atoms with Crippen LogP contribution >= 0.6 is 0 Å². The summed E-state index contributed by atoms with van der Waals surface area (Å²) in [7, 11) is 1.48. The van der Waals surface area contributed by atoms with E-state index in [0.717, 1.165) is 0 Å². The molecule has 180 valence electrons. The molecule has 1 aromatic heterocycles. The average Bonchev–Trinajstić information content (AvgIpc) is 2.82. The van der Waals surface area contributed by atoms with Crippen molar-refractivity contribution in [3.8, 4) is 17.2 Å². The summed E-state index contributed by atoms with van der Waals surface area (Å²) in [5.74, 6) is 0.444. The van der Waals surface area contributed by atoms with Gasteiger partial charge in [0.2, 0.25) is 5.78 Å². The Kier molecular flexibility index (Phi) is 8.43.